The van der Waals surface area contributed by atoms with Gasteiger partial charge >= 0.3 is 0 Å². The number of aliphatic hydroxyl groups excluding tert-OH is 1. The molecule has 1 unspecified atom stereocenters. The van der Waals surface area contributed by atoms with Gasteiger partial charge in [0.1, 0.15) is 23.4 Å². The summed E-state index contributed by atoms with van der Waals surface area (Å²) in [5.41, 5.74) is 1.68. The summed E-state index contributed by atoms with van der Waals surface area (Å²) in [7, 11) is 0. The highest BCUT2D eigenvalue weighted by atomic mass is 32.1. The fourth-order valence-electron chi connectivity index (χ4n) is 3.64. The maximum absolute atomic E-state index is 13.5. The molecule has 1 aliphatic rings. The van der Waals surface area contributed by atoms with Gasteiger partial charge in [-0.15, -0.1) is 11.3 Å². The molecule has 5 nitrogen and oxygen atoms in total. The van der Waals surface area contributed by atoms with Crippen molar-refractivity contribution in [2.45, 2.75) is 19.9 Å². The summed E-state index contributed by atoms with van der Waals surface area (Å²) in [5.74, 6) is -1.62. The first kappa shape index (κ1) is 20.8. The van der Waals surface area contributed by atoms with Gasteiger partial charge in [0.15, 0.2) is 0 Å². The molecule has 1 N–H and O–H groups in total. The Kier molecular flexibility index (Phi) is 5.61. The van der Waals surface area contributed by atoms with Gasteiger partial charge in [-0.05, 0) is 79.4 Å². The predicted octanol–water partition coefficient (Wildman–Crippen LogP) is 5.22. The number of carbonyl (C=O) groups is 2. The smallest absolute Gasteiger partial charge is 0.300 e. The van der Waals surface area contributed by atoms with E-state index in [2.05, 4.69) is 0 Å². The van der Waals surface area contributed by atoms with Crippen LogP contribution in [-0.2, 0) is 9.59 Å². The van der Waals surface area contributed by atoms with E-state index in [4.69, 9.17) is 4.74 Å². The van der Waals surface area contributed by atoms with E-state index in [1.54, 1.807) is 24.3 Å². The second-order valence-corrected chi connectivity index (χ2v) is 8.02. The molecule has 0 aliphatic carbocycles. The molecule has 0 bridgehead atoms. The van der Waals surface area contributed by atoms with Crippen molar-refractivity contribution in [3.8, 4) is 5.75 Å². The number of benzene rings is 2. The van der Waals surface area contributed by atoms with E-state index in [1.165, 1.54) is 40.5 Å². The van der Waals surface area contributed by atoms with E-state index < -0.39 is 23.5 Å². The SMILES string of the molecule is CCOc1ccc(/C(O)=C2/C(=O)C(=O)N(c3ccc(F)cc3)C2c2sccc2C)cc1. The number of aliphatic hydroxyl groups is 1. The number of aryl methyl sites for hydroxylation is 1. The van der Waals surface area contributed by atoms with Crippen LogP contribution < -0.4 is 9.64 Å². The highest BCUT2D eigenvalue weighted by molar-refractivity contribution is 7.10. The first-order valence-corrected chi connectivity index (χ1v) is 10.6. The molecule has 1 atom stereocenters. The largest absolute Gasteiger partial charge is 0.507 e. The van der Waals surface area contributed by atoms with Crippen LogP contribution in [0.3, 0.4) is 0 Å². The number of nitrogens with zero attached hydrogens (tertiary/aromatic N) is 1. The molecule has 0 radical (unpaired) electrons. The third kappa shape index (κ3) is 3.72. The first-order valence-electron chi connectivity index (χ1n) is 9.76. The Morgan fingerprint density at radius 1 is 1.10 bits per heavy atom. The number of carbonyl (C=O) groups excluding carboxylic acids is 2. The van der Waals surface area contributed by atoms with Gasteiger partial charge in [0.05, 0.1) is 12.2 Å². The summed E-state index contributed by atoms with van der Waals surface area (Å²) < 4.78 is 18.9. The van der Waals surface area contributed by atoms with E-state index in [1.807, 2.05) is 25.3 Å². The minimum absolute atomic E-state index is 0.00374. The van der Waals surface area contributed by atoms with Crippen LogP contribution in [0.5, 0.6) is 5.75 Å². The molecule has 7 heteroatoms. The highest BCUT2D eigenvalue weighted by Gasteiger charge is 2.47. The molecule has 158 valence electrons. The number of rotatable bonds is 5. The van der Waals surface area contributed by atoms with E-state index in [0.29, 0.717) is 23.6 Å². The van der Waals surface area contributed by atoms with Crippen molar-refractivity contribution in [2.24, 2.45) is 0 Å². The number of ketones is 1. The lowest BCUT2D eigenvalue weighted by atomic mass is 9.98. The van der Waals surface area contributed by atoms with Gasteiger partial charge in [-0.2, -0.15) is 0 Å². The van der Waals surface area contributed by atoms with Crippen LogP contribution in [0.4, 0.5) is 10.1 Å². The molecule has 4 rings (SSSR count). The number of thiophene rings is 1. The van der Waals surface area contributed by atoms with Gasteiger partial charge in [-0.1, -0.05) is 0 Å². The minimum Gasteiger partial charge on any atom is -0.507 e. The third-order valence-corrected chi connectivity index (χ3v) is 6.21. The van der Waals surface area contributed by atoms with Gasteiger partial charge < -0.3 is 9.84 Å². The highest BCUT2D eigenvalue weighted by Crippen LogP contribution is 2.44. The zero-order valence-corrected chi connectivity index (χ0v) is 17.8. The second kappa shape index (κ2) is 8.35. The van der Waals surface area contributed by atoms with Crippen molar-refractivity contribution in [1.82, 2.24) is 0 Å². The molecular formula is C24H20FNO4S. The molecular weight excluding hydrogens is 417 g/mol. The first-order chi connectivity index (χ1) is 14.9. The summed E-state index contributed by atoms with van der Waals surface area (Å²) in [6.07, 6.45) is 0. The third-order valence-electron chi connectivity index (χ3n) is 5.14. The molecule has 2 aromatic carbocycles. The molecule has 1 fully saturated rings. The Bertz CT molecular complexity index is 1170. The Morgan fingerprint density at radius 3 is 2.35 bits per heavy atom. The van der Waals surface area contributed by atoms with Crippen LogP contribution >= 0.6 is 11.3 Å². The van der Waals surface area contributed by atoms with Crippen molar-refractivity contribution >= 4 is 34.5 Å². The molecule has 1 saturated heterocycles. The summed E-state index contributed by atoms with van der Waals surface area (Å²) in [6.45, 7) is 4.26. The summed E-state index contributed by atoms with van der Waals surface area (Å²) in [6, 6.07) is 13.1. The van der Waals surface area contributed by atoms with Gasteiger partial charge in [0.2, 0.25) is 0 Å². The van der Waals surface area contributed by atoms with E-state index in [0.717, 1.165) is 10.4 Å². The van der Waals surface area contributed by atoms with Gasteiger partial charge in [-0.3, -0.25) is 14.5 Å². The van der Waals surface area contributed by atoms with Crippen molar-refractivity contribution in [1.29, 1.82) is 0 Å². The fourth-order valence-corrected chi connectivity index (χ4v) is 4.67. The summed E-state index contributed by atoms with van der Waals surface area (Å²) in [5, 5.41) is 12.9. The summed E-state index contributed by atoms with van der Waals surface area (Å²) >= 11 is 1.39. The van der Waals surface area contributed by atoms with Crippen LogP contribution in [0.15, 0.2) is 65.6 Å². The molecule has 0 spiro atoms. The topological polar surface area (TPSA) is 66.8 Å². The zero-order chi connectivity index (χ0) is 22.1. The standard InChI is InChI=1S/C24H20FNO4S/c1-3-30-18-10-4-15(5-11-18)21(27)19-20(23-14(2)12-13-31-23)26(24(29)22(19)28)17-8-6-16(25)7-9-17/h4-13,20,27H,3H2,1-2H3/b21-19-. The van der Waals surface area contributed by atoms with Crippen LogP contribution in [0.1, 0.15) is 29.0 Å². The average Bonchev–Trinajstić information content (AvgIpc) is 3.30. The Labute approximate surface area is 183 Å². The molecule has 0 saturated carbocycles. The van der Waals surface area contributed by atoms with Crippen LogP contribution in [-0.4, -0.2) is 23.4 Å². The van der Waals surface area contributed by atoms with Crippen LogP contribution in [0, 0.1) is 12.7 Å². The number of anilines is 1. The predicted molar refractivity (Wildman–Crippen MR) is 118 cm³/mol. The van der Waals surface area contributed by atoms with Crippen molar-refractivity contribution in [2.75, 3.05) is 11.5 Å². The van der Waals surface area contributed by atoms with Crippen molar-refractivity contribution in [3.05, 3.63) is 87.4 Å². The Balaban J connectivity index is 1.88. The van der Waals surface area contributed by atoms with E-state index >= 15 is 0 Å². The number of hydrogen-bond acceptors (Lipinski definition) is 5. The number of Topliss-reactive ketones (excluding diaryl/α,β-unsaturated/α-hetero) is 1. The Hall–Kier alpha value is -3.45. The molecule has 1 aliphatic heterocycles. The molecule has 1 aromatic heterocycles. The number of hydrogen-bond donors (Lipinski definition) is 1. The zero-order valence-electron chi connectivity index (χ0n) is 17.0. The quantitative estimate of drug-likeness (QED) is 0.338. The Morgan fingerprint density at radius 2 is 1.77 bits per heavy atom. The number of amides is 1. The lowest BCUT2D eigenvalue weighted by molar-refractivity contribution is -0.132. The van der Waals surface area contributed by atoms with Crippen molar-refractivity contribution in [3.63, 3.8) is 0 Å². The average molecular weight is 437 g/mol. The number of ether oxygens (including phenoxy) is 1. The summed E-state index contributed by atoms with van der Waals surface area (Å²) in [4.78, 5) is 28.1. The minimum atomic E-state index is -0.808. The molecule has 3 aromatic rings. The number of halogens is 1. The van der Waals surface area contributed by atoms with Gasteiger partial charge in [0, 0.05) is 16.1 Å². The maximum Gasteiger partial charge on any atom is 0.300 e. The molecule has 1 amide bonds. The molecule has 2 heterocycles. The van der Waals surface area contributed by atoms with Crippen LogP contribution in [0.2, 0.25) is 0 Å². The lowest BCUT2D eigenvalue weighted by Crippen LogP contribution is -2.29. The monoisotopic (exact) mass is 437 g/mol. The molecule has 31 heavy (non-hydrogen) atoms. The van der Waals surface area contributed by atoms with Crippen LogP contribution in [0.25, 0.3) is 5.76 Å². The van der Waals surface area contributed by atoms with Gasteiger partial charge in [-0.25, -0.2) is 4.39 Å². The lowest BCUT2D eigenvalue weighted by Gasteiger charge is -2.25. The van der Waals surface area contributed by atoms with E-state index in [-0.39, 0.29) is 11.3 Å². The maximum atomic E-state index is 13.5. The second-order valence-electron chi connectivity index (χ2n) is 7.07. The normalized spacial score (nSPS) is 17.9. The van der Waals surface area contributed by atoms with Crippen molar-refractivity contribution < 1.29 is 23.8 Å². The van der Waals surface area contributed by atoms with Gasteiger partial charge in [0.25, 0.3) is 11.7 Å². The fraction of sp³-hybridized carbons (Fsp3) is 0.167. The van der Waals surface area contributed by atoms with E-state index in [9.17, 15) is 19.1 Å².